The number of benzene rings is 1. The number of carbonyl (C=O) groups is 2. The Hall–Kier alpha value is -2.96. The second kappa shape index (κ2) is 8.16. The van der Waals surface area contributed by atoms with Gasteiger partial charge in [-0.1, -0.05) is 12.8 Å². The van der Waals surface area contributed by atoms with E-state index < -0.39 is 17.3 Å². The molecule has 0 spiro atoms. The van der Waals surface area contributed by atoms with Gasteiger partial charge in [-0.3, -0.25) is 14.4 Å². The number of hydrogen-bond donors (Lipinski definition) is 1. The highest BCUT2D eigenvalue weighted by molar-refractivity contribution is 6.05. The van der Waals surface area contributed by atoms with Crippen molar-refractivity contribution in [2.45, 2.75) is 25.7 Å². The lowest BCUT2D eigenvalue weighted by Gasteiger charge is -2.21. The largest absolute Gasteiger partial charge is 0.339 e. The summed E-state index contributed by atoms with van der Waals surface area (Å²) in [5.41, 5.74) is 0.182. The molecule has 3 rings (SSSR count). The van der Waals surface area contributed by atoms with Crippen LogP contribution in [-0.4, -0.2) is 34.4 Å². The standard InChI is InChI=1S/C20H22FN3O3/c1-23-13-15(19(26)24-10-4-2-3-5-11-24)12-17(20(23)27)22-18(25)14-6-8-16(21)9-7-14/h6-9,12-13H,2-5,10-11H2,1H3,(H,22,25). The third-order valence-corrected chi connectivity index (χ3v) is 4.68. The van der Waals surface area contributed by atoms with Crippen LogP contribution in [0.4, 0.5) is 10.1 Å². The molecule has 7 heteroatoms. The van der Waals surface area contributed by atoms with Crippen LogP contribution in [-0.2, 0) is 7.05 Å². The van der Waals surface area contributed by atoms with Gasteiger partial charge in [-0.15, -0.1) is 0 Å². The number of rotatable bonds is 3. The molecule has 0 unspecified atom stereocenters. The van der Waals surface area contributed by atoms with Gasteiger partial charge in [0.15, 0.2) is 0 Å². The lowest BCUT2D eigenvalue weighted by Crippen LogP contribution is -2.33. The van der Waals surface area contributed by atoms with E-state index in [0.717, 1.165) is 25.7 Å². The van der Waals surface area contributed by atoms with E-state index in [0.29, 0.717) is 18.7 Å². The predicted octanol–water partition coefficient (Wildman–Crippen LogP) is 2.79. The fourth-order valence-corrected chi connectivity index (χ4v) is 3.17. The second-order valence-corrected chi connectivity index (χ2v) is 6.73. The average molecular weight is 371 g/mol. The van der Waals surface area contributed by atoms with Crippen molar-refractivity contribution in [3.8, 4) is 0 Å². The van der Waals surface area contributed by atoms with Crippen molar-refractivity contribution in [2.75, 3.05) is 18.4 Å². The Balaban J connectivity index is 1.85. The van der Waals surface area contributed by atoms with Gasteiger partial charge in [0.1, 0.15) is 11.5 Å². The van der Waals surface area contributed by atoms with E-state index in [1.807, 2.05) is 0 Å². The number of anilines is 1. The Labute approximate surface area is 156 Å². The fraction of sp³-hybridized carbons (Fsp3) is 0.350. The topological polar surface area (TPSA) is 71.4 Å². The molecule has 1 aromatic carbocycles. The Kier molecular flexibility index (Phi) is 5.69. The van der Waals surface area contributed by atoms with E-state index in [1.165, 1.54) is 48.1 Å². The van der Waals surface area contributed by atoms with Crippen molar-refractivity contribution >= 4 is 17.5 Å². The third-order valence-electron chi connectivity index (χ3n) is 4.68. The van der Waals surface area contributed by atoms with E-state index >= 15 is 0 Å². The Morgan fingerprint density at radius 1 is 1.00 bits per heavy atom. The quantitative estimate of drug-likeness (QED) is 0.902. The van der Waals surface area contributed by atoms with Crippen LogP contribution in [0.15, 0.2) is 41.3 Å². The summed E-state index contributed by atoms with van der Waals surface area (Å²) in [5, 5.41) is 2.53. The summed E-state index contributed by atoms with van der Waals surface area (Å²) >= 11 is 0. The number of nitrogens with one attached hydrogen (secondary N) is 1. The van der Waals surface area contributed by atoms with Crippen LogP contribution in [0.2, 0.25) is 0 Å². The van der Waals surface area contributed by atoms with Crippen LogP contribution >= 0.6 is 0 Å². The average Bonchev–Trinajstić information content (AvgIpc) is 2.94. The Bertz CT molecular complexity index is 898. The monoisotopic (exact) mass is 371 g/mol. The summed E-state index contributed by atoms with van der Waals surface area (Å²) in [6.07, 6.45) is 5.63. The van der Waals surface area contributed by atoms with Gasteiger partial charge in [0.05, 0.1) is 5.56 Å². The lowest BCUT2D eigenvalue weighted by molar-refractivity contribution is 0.0760. The minimum Gasteiger partial charge on any atom is -0.339 e. The summed E-state index contributed by atoms with van der Waals surface area (Å²) in [4.78, 5) is 39.3. The molecule has 1 aromatic heterocycles. The van der Waals surface area contributed by atoms with Crippen molar-refractivity contribution in [1.82, 2.24) is 9.47 Å². The Morgan fingerprint density at radius 3 is 2.26 bits per heavy atom. The number of pyridine rings is 1. The number of hydrogen-bond acceptors (Lipinski definition) is 3. The molecule has 1 aliphatic heterocycles. The normalized spacial score (nSPS) is 14.5. The molecular weight excluding hydrogens is 349 g/mol. The first-order valence-electron chi connectivity index (χ1n) is 9.02. The molecule has 0 aliphatic carbocycles. The number of likely N-dealkylation sites (tertiary alicyclic amines) is 1. The van der Waals surface area contributed by atoms with Gasteiger partial charge < -0.3 is 14.8 Å². The zero-order chi connectivity index (χ0) is 19.4. The van der Waals surface area contributed by atoms with Gasteiger partial charge >= 0.3 is 0 Å². The lowest BCUT2D eigenvalue weighted by atomic mass is 10.2. The van der Waals surface area contributed by atoms with Gasteiger partial charge in [-0.25, -0.2) is 4.39 Å². The maximum Gasteiger partial charge on any atom is 0.274 e. The summed E-state index contributed by atoms with van der Waals surface area (Å²) in [5.74, 6) is -1.14. The van der Waals surface area contributed by atoms with E-state index in [9.17, 15) is 18.8 Å². The van der Waals surface area contributed by atoms with E-state index in [2.05, 4.69) is 5.32 Å². The van der Waals surface area contributed by atoms with Gasteiger partial charge in [0.2, 0.25) is 0 Å². The van der Waals surface area contributed by atoms with Crippen molar-refractivity contribution in [2.24, 2.45) is 7.05 Å². The molecule has 2 amide bonds. The second-order valence-electron chi connectivity index (χ2n) is 6.73. The molecule has 0 atom stereocenters. The first-order valence-corrected chi connectivity index (χ1v) is 9.02. The number of carbonyl (C=O) groups excluding carboxylic acids is 2. The molecule has 0 bridgehead atoms. The summed E-state index contributed by atoms with van der Waals surface area (Å²) in [7, 11) is 1.54. The van der Waals surface area contributed by atoms with E-state index in [4.69, 9.17) is 0 Å². The number of nitrogens with zero attached hydrogens (tertiary/aromatic N) is 2. The van der Waals surface area contributed by atoms with Crippen molar-refractivity contribution in [3.05, 3.63) is 63.8 Å². The van der Waals surface area contributed by atoms with E-state index in [1.54, 1.807) is 4.90 Å². The number of aromatic nitrogens is 1. The molecule has 0 radical (unpaired) electrons. The first-order chi connectivity index (χ1) is 13.0. The Morgan fingerprint density at radius 2 is 1.63 bits per heavy atom. The van der Waals surface area contributed by atoms with Crippen LogP contribution in [0.1, 0.15) is 46.4 Å². The minimum atomic E-state index is -0.536. The highest BCUT2D eigenvalue weighted by Crippen LogP contribution is 2.15. The SMILES string of the molecule is Cn1cc(C(=O)N2CCCCCC2)cc(NC(=O)c2ccc(F)cc2)c1=O. The minimum absolute atomic E-state index is 0.0208. The molecule has 2 heterocycles. The molecule has 1 saturated heterocycles. The first kappa shape index (κ1) is 18.8. The fourth-order valence-electron chi connectivity index (χ4n) is 3.17. The zero-order valence-electron chi connectivity index (χ0n) is 15.2. The van der Waals surface area contributed by atoms with Crippen LogP contribution in [0, 0.1) is 5.82 Å². The third kappa shape index (κ3) is 4.42. The molecule has 142 valence electrons. The molecule has 1 N–H and O–H groups in total. The number of amides is 2. The smallest absolute Gasteiger partial charge is 0.274 e. The number of aryl methyl sites for hydroxylation is 1. The van der Waals surface area contributed by atoms with Crippen molar-refractivity contribution in [3.63, 3.8) is 0 Å². The molecular formula is C20H22FN3O3. The maximum absolute atomic E-state index is 13.0. The highest BCUT2D eigenvalue weighted by Gasteiger charge is 2.20. The molecule has 1 fully saturated rings. The van der Waals surface area contributed by atoms with Gasteiger partial charge in [0, 0.05) is 31.9 Å². The van der Waals surface area contributed by atoms with Crippen molar-refractivity contribution < 1.29 is 14.0 Å². The zero-order valence-corrected chi connectivity index (χ0v) is 15.2. The summed E-state index contributed by atoms with van der Waals surface area (Å²) in [6.45, 7) is 1.39. The predicted molar refractivity (Wildman–Crippen MR) is 100 cm³/mol. The molecule has 0 saturated carbocycles. The van der Waals surface area contributed by atoms with Gasteiger partial charge in [-0.2, -0.15) is 0 Å². The van der Waals surface area contributed by atoms with Crippen LogP contribution in [0.3, 0.4) is 0 Å². The summed E-state index contributed by atoms with van der Waals surface area (Å²) < 4.78 is 14.3. The van der Waals surface area contributed by atoms with Gasteiger partial charge in [0.25, 0.3) is 17.4 Å². The van der Waals surface area contributed by atoms with Crippen LogP contribution < -0.4 is 10.9 Å². The van der Waals surface area contributed by atoms with Crippen LogP contribution in [0.5, 0.6) is 0 Å². The number of halogens is 1. The van der Waals surface area contributed by atoms with Crippen LogP contribution in [0.25, 0.3) is 0 Å². The highest BCUT2D eigenvalue weighted by atomic mass is 19.1. The molecule has 1 aliphatic rings. The maximum atomic E-state index is 13.0. The van der Waals surface area contributed by atoms with Gasteiger partial charge in [-0.05, 0) is 43.2 Å². The van der Waals surface area contributed by atoms with Crippen molar-refractivity contribution in [1.29, 1.82) is 0 Å². The molecule has 27 heavy (non-hydrogen) atoms. The molecule has 6 nitrogen and oxygen atoms in total. The van der Waals surface area contributed by atoms with E-state index in [-0.39, 0.29) is 17.2 Å². The summed E-state index contributed by atoms with van der Waals surface area (Å²) in [6, 6.07) is 6.43. The molecule has 2 aromatic rings.